The smallest absolute Gasteiger partial charge is 0.341 e. The molecule has 18 heavy (non-hydrogen) atoms. The average Bonchev–Trinajstić information content (AvgIpc) is 2.55. The second-order valence-electron chi connectivity index (χ2n) is 3.69. The van der Waals surface area contributed by atoms with Gasteiger partial charge in [0.2, 0.25) is 5.91 Å². The number of carbonyl (C=O) groups is 2. The first-order chi connectivity index (χ1) is 8.51. The molecule has 0 bridgehead atoms. The van der Waals surface area contributed by atoms with E-state index >= 15 is 0 Å². The van der Waals surface area contributed by atoms with E-state index in [2.05, 4.69) is 5.32 Å². The highest BCUT2D eigenvalue weighted by Crippen LogP contribution is 2.33. The third kappa shape index (κ3) is 3.49. The Morgan fingerprint density at radius 2 is 2.06 bits per heavy atom. The molecule has 1 heterocycles. The Kier molecular flexibility index (Phi) is 5.68. The second-order valence-corrected chi connectivity index (χ2v) is 5.78. The van der Waals surface area contributed by atoms with Crippen LogP contribution in [0.5, 0.6) is 0 Å². The van der Waals surface area contributed by atoms with Gasteiger partial charge in [0.25, 0.3) is 0 Å². The first kappa shape index (κ1) is 15.0. The van der Waals surface area contributed by atoms with Crippen molar-refractivity contribution in [3.05, 3.63) is 16.0 Å². The molecule has 0 spiro atoms. The molecule has 0 aromatic carbocycles. The van der Waals surface area contributed by atoms with E-state index < -0.39 is 0 Å². The van der Waals surface area contributed by atoms with Gasteiger partial charge in [0.05, 0.1) is 17.9 Å². The highest BCUT2D eigenvalue weighted by atomic mass is 32.2. The van der Waals surface area contributed by atoms with Gasteiger partial charge in [-0.1, -0.05) is 0 Å². The van der Waals surface area contributed by atoms with Crippen molar-refractivity contribution in [1.82, 2.24) is 0 Å². The van der Waals surface area contributed by atoms with Gasteiger partial charge in [0, 0.05) is 4.88 Å². The van der Waals surface area contributed by atoms with Gasteiger partial charge in [0.1, 0.15) is 5.00 Å². The van der Waals surface area contributed by atoms with Gasteiger partial charge >= 0.3 is 5.97 Å². The number of ether oxygens (including phenoxy) is 1. The van der Waals surface area contributed by atoms with Gasteiger partial charge in [-0.2, -0.15) is 11.8 Å². The summed E-state index contributed by atoms with van der Waals surface area (Å²) in [5.41, 5.74) is 1.35. The van der Waals surface area contributed by atoms with Crippen LogP contribution in [0.3, 0.4) is 0 Å². The third-order valence-corrected chi connectivity index (χ3v) is 4.07. The minimum Gasteiger partial charge on any atom is -0.462 e. The van der Waals surface area contributed by atoms with Gasteiger partial charge in [0.15, 0.2) is 0 Å². The molecule has 4 nitrogen and oxygen atoms in total. The zero-order chi connectivity index (χ0) is 13.7. The second kappa shape index (κ2) is 6.80. The summed E-state index contributed by atoms with van der Waals surface area (Å²) in [6.45, 7) is 5.87. The number of carbonyl (C=O) groups excluding carboxylic acids is 2. The van der Waals surface area contributed by atoms with Crippen LogP contribution >= 0.6 is 23.1 Å². The number of anilines is 1. The van der Waals surface area contributed by atoms with Gasteiger partial charge in [-0.15, -0.1) is 11.3 Å². The van der Waals surface area contributed by atoms with Crippen molar-refractivity contribution in [3.8, 4) is 0 Å². The summed E-state index contributed by atoms with van der Waals surface area (Å²) >= 11 is 2.85. The van der Waals surface area contributed by atoms with E-state index in [-0.39, 0.29) is 11.9 Å². The van der Waals surface area contributed by atoms with Crippen molar-refractivity contribution in [2.75, 3.05) is 23.9 Å². The lowest BCUT2D eigenvalue weighted by molar-refractivity contribution is -0.113. The highest BCUT2D eigenvalue weighted by Gasteiger charge is 2.21. The molecule has 0 saturated heterocycles. The monoisotopic (exact) mass is 287 g/mol. The molecular formula is C12H17NO3S2. The highest BCUT2D eigenvalue weighted by molar-refractivity contribution is 7.99. The zero-order valence-corrected chi connectivity index (χ0v) is 12.6. The Morgan fingerprint density at radius 1 is 1.39 bits per heavy atom. The van der Waals surface area contributed by atoms with Crippen LogP contribution in [0.4, 0.5) is 5.00 Å². The molecule has 1 aromatic heterocycles. The number of nitrogens with one attached hydrogen (secondary N) is 1. The summed E-state index contributed by atoms with van der Waals surface area (Å²) < 4.78 is 5.02. The number of thiophene rings is 1. The van der Waals surface area contributed by atoms with E-state index in [4.69, 9.17) is 4.74 Å². The molecule has 1 N–H and O–H groups in total. The minimum absolute atomic E-state index is 0.103. The molecule has 6 heteroatoms. The Bertz CT molecular complexity index is 454. The molecule has 0 aliphatic rings. The predicted molar refractivity (Wildman–Crippen MR) is 76.8 cm³/mol. The van der Waals surface area contributed by atoms with Gasteiger partial charge in [-0.3, -0.25) is 4.79 Å². The molecule has 0 radical (unpaired) electrons. The lowest BCUT2D eigenvalue weighted by Gasteiger charge is -2.06. The standard InChI is InChI=1S/C12H17NO3S2/c1-5-16-12(15)10-7(2)8(3)18-11(10)13-9(14)6-17-4/h5-6H2,1-4H3,(H,13,14). The van der Waals surface area contributed by atoms with Crippen LogP contribution in [-0.2, 0) is 9.53 Å². The van der Waals surface area contributed by atoms with Crippen molar-refractivity contribution in [2.24, 2.45) is 0 Å². The molecular weight excluding hydrogens is 270 g/mol. The maximum atomic E-state index is 11.9. The summed E-state index contributed by atoms with van der Waals surface area (Å²) in [6.07, 6.45) is 1.86. The molecule has 0 saturated carbocycles. The predicted octanol–water partition coefficient (Wildman–Crippen LogP) is 2.84. The SMILES string of the molecule is CCOC(=O)c1c(NC(=O)CSC)sc(C)c1C. The number of amides is 1. The maximum Gasteiger partial charge on any atom is 0.341 e. The fourth-order valence-corrected chi connectivity index (χ4v) is 2.86. The van der Waals surface area contributed by atoms with Crippen LogP contribution in [0.15, 0.2) is 0 Å². The topological polar surface area (TPSA) is 55.4 Å². The summed E-state index contributed by atoms with van der Waals surface area (Å²) in [7, 11) is 0. The molecule has 100 valence electrons. The Labute approximate surface area is 115 Å². The van der Waals surface area contributed by atoms with Crippen LogP contribution in [0.1, 0.15) is 27.7 Å². The molecule has 0 aliphatic heterocycles. The van der Waals surface area contributed by atoms with Crippen molar-refractivity contribution in [1.29, 1.82) is 0 Å². The number of hydrogen-bond donors (Lipinski definition) is 1. The Balaban J connectivity index is 3.00. The van der Waals surface area contributed by atoms with Crippen LogP contribution in [0, 0.1) is 13.8 Å². The minimum atomic E-state index is -0.376. The lowest BCUT2D eigenvalue weighted by atomic mass is 10.1. The summed E-state index contributed by atoms with van der Waals surface area (Å²) in [5, 5.41) is 3.36. The van der Waals surface area contributed by atoms with Crippen molar-refractivity contribution >= 4 is 40.0 Å². The Morgan fingerprint density at radius 3 is 2.61 bits per heavy atom. The maximum absolute atomic E-state index is 11.9. The van der Waals surface area contributed by atoms with E-state index in [9.17, 15) is 9.59 Å². The number of aryl methyl sites for hydroxylation is 1. The molecule has 0 atom stereocenters. The molecule has 0 unspecified atom stereocenters. The number of rotatable bonds is 5. The van der Waals surface area contributed by atoms with Crippen molar-refractivity contribution < 1.29 is 14.3 Å². The normalized spacial score (nSPS) is 10.2. The Hall–Kier alpha value is -1.01. The van der Waals surface area contributed by atoms with E-state index in [1.807, 2.05) is 20.1 Å². The lowest BCUT2D eigenvalue weighted by Crippen LogP contribution is -2.16. The molecule has 0 fully saturated rings. The van der Waals surface area contributed by atoms with Crippen molar-refractivity contribution in [3.63, 3.8) is 0 Å². The fourth-order valence-electron chi connectivity index (χ4n) is 1.46. The first-order valence-electron chi connectivity index (χ1n) is 5.57. The van der Waals surface area contributed by atoms with Crippen LogP contribution in [0.25, 0.3) is 0 Å². The van der Waals surface area contributed by atoms with Crippen molar-refractivity contribution in [2.45, 2.75) is 20.8 Å². The largest absolute Gasteiger partial charge is 0.462 e. The van der Waals surface area contributed by atoms with E-state index in [1.54, 1.807) is 6.92 Å². The summed E-state index contributed by atoms with van der Waals surface area (Å²) in [6, 6.07) is 0. The van der Waals surface area contributed by atoms with Crippen LogP contribution < -0.4 is 5.32 Å². The van der Waals surface area contributed by atoms with E-state index in [0.29, 0.717) is 22.9 Å². The number of hydrogen-bond acceptors (Lipinski definition) is 5. The number of thioether (sulfide) groups is 1. The zero-order valence-electron chi connectivity index (χ0n) is 11.0. The third-order valence-electron chi connectivity index (χ3n) is 2.39. The average molecular weight is 287 g/mol. The summed E-state index contributed by atoms with van der Waals surface area (Å²) in [4.78, 5) is 24.5. The molecule has 0 aliphatic carbocycles. The molecule has 1 amide bonds. The first-order valence-corrected chi connectivity index (χ1v) is 7.78. The number of esters is 1. The van der Waals surface area contributed by atoms with Gasteiger partial charge < -0.3 is 10.1 Å². The van der Waals surface area contributed by atoms with Crippen LogP contribution in [0.2, 0.25) is 0 Å². The van der Waals surface area contributed by atoms with E-state index in [1.165, 1.54) is 23.1 Å². The molecule has 1 rings (SSSR count). The quantitative estimate of drug-likeness (QED) is 0.846. The molecule has 1 aromatic rings. The van der Waals surface area contributed by atoms with E-state index in [0.717, 1.165) is 10.4 Å². The fraction of sp³-hybridized carbons (Fsp3) is 0.500. The summed E-state index contributed by atoms with van der Waals surface area (Å²) in [5.74, 6) is -0.105. The van der Waals surface area contributed by atoms with Gasteiger partial charge in [-0.05, 0) is 32.6 Å². The van der Waals surface area contributed by atoms with Crippen LogP contribution in [-0.4, -0.2) is 30.5 Å². The van der Waals surface area contributed by atoms with Gasteiger partial charge in [-0.25, -0.2) is 4.79 Å².